The number of ether oxygens (including phenoxy) is 1. The molecule has 2 amide bonds. The number of benzene rings is 2. The van der Waals surface area contributed by atoms with Crippen LogP contribution in [0.2, 0.25) is 0 Å². The first kappa shape index (κ1) is 27.7. The average molecular weight is 555 g/mol. The van der Waals surface area contributed by atoms with Crippen LogP contribution < -0.4 is 20.3 Å². The van der Waals surface area contributed by atoms with Crippen molar-refractivity contribution in [2.24, 2.45) is 0 Å². The van der Waals surface area contributed by atoms with Crippen molar-refractivity contribution in [3.05, 3.63) is 65.7 Å². The van der Waals surface area contributed by atoms with E-state index in [-0.39, 0.29) is 49.8 Å². The molecule has 0 atom stereocenters. The number of nitrogens with zero attached hydrogens (tertiary/aromatic N) is 5. The highest BCUT2D eigenvalue weighted by molar-refractivity contribution is 5.74. The third kappa shape index (κ3) is 8.09. The molecule has 0 radical (unpaired) electrons. The summed E-state index contributed by atoms with van der Waals surface area (Å²) in [6, 6.07) is 12.6. The molecule has 1 aromatic heterocycles. The molecule has 208 valence electrons. The van der Waals surface area contributed by atoms with Crippen LogP contribution in [0.3, 0.4) is 0 Å². The molecule has 4 rings (SSSR count). The molecule has 9 nitrogen and oxygen atoms in total. The van der Waals surface area contributed by atoms with Crippen LogP contribution in [-0.4, -0.2) is 64.8 Å². The lowest BCUT2D eigenvalue weighted by molar-refractivity contribution is -0.154. The number of alkyl halides is 6. The Kier molecular flexibility index (Phi) is 8.26. The molecule has 39 heavy (non-hydrogen) atoms. The smallest absolute Gasteiger partial charge is 0.422 e. The van der Waals surface area contributed by atoms with E-state index in [0.29, 0.717) is 6.54 Å². The summed E-state index contributed by atoms with van der Waals surface area (Å²) in [7, 11) is 0. The minimum atomic E-state index is -4.67. The lowest BCUT2D eigenvalue weighted by Gasteiger charge is -2.34. The zero-order valence-electron chi connectivity index (χ0n) is 20.3. The normalized spacial score (nSPS) is 14.2. The number of hydrogen-bond acceptors (Lipinski definition) is 7. The van der Waals surface area contributed by atoms with Gasteiger partial charge in [-0.25, -0.2) is 4.79 Å². The van der Waals surface area contributed by atoms with Crippen LogP contribution >= 0.6 is 0 Å². The number of nitrogens with one attached hydrogen (secondary N) is 2. The van der Waals surface area contributed by atoms with E-state index in [1.54, 1.807) is 9.80 Å². The van der Waals surface area contributed by atoms with Crippen molar-refractivity contribution >= 4 is 23.6 Å². The van der Waals surface area contributed by atoms with Gasteiger partial charge in [0.15, 0.2) is 6.61 Å². The number of hydrogen-bond donors (Lipinski definition) is 2. The van der Waals surface area contributed by atoms with Crippen LogP contribution in [-0.2, 0) is 12.7 Å². The highest BCUT2D eigenvalue weighted by Gasteiger charge is 2.31. The maximum atomic E-state index is 13.1. The Hall–Kier alpha value is -4.30. The fourth-order valence-electron chi connectivity index (χ4n) is 3.65. The van der Waals surface area contributed by atoms with Crippen LogP contribution in [0.25, 0.3) is 0 Å². The lowest BCUT2D eigenvalue weighted by atomic mass is 10.2. The standard InChI is InChI=1S/C24H23F6N7O2/c25-23(26,27)15-39-21-34-19(32-18-8-4-7-17(13-18)24(28,29)30)33-20(35-21)36-9-11-37(12-10-36)22(38)31-14-16-5-2-1-3-6-16/h1-8,13H,9-12,14-15H2,(H,31,38)(H,32,33,34,35). The Morgan fingerprint density at radius 1 is 0.897 bits per heavy atom. The molecule has 1 aliphatic rings. The maximum Gasteiger partial charge on any atom is 0.422 e. The van der Waals surface area contributed by atoms with Crippen molar-refractivity contribution < 1.29 is 35.9 Å². The van der Waals surface area contributed by atoms with Gasteiger partial charge in [-0.2, -0.15) is 41.3 Å². The molecule has 3 aromatic rings. The summed E-state index contributed by atoms with van der Waals surface area (Å²) in [5.41, 5.74) is -0.0394. The van der Waals surface area contributed by atoms with Gasteiger partial charge in [0.05, 0.1) is 5.56 Å². The summed E-state index contributed by atoms with van der Waals surface area (Å²) in [6.45, 7) is -0.315. The predicted molar refractivity (Wildman–Crippen MR) is 129 cm³/mol. The molecule has 0 bridgehead atoms. The van der Waals surface area contributed by atoms with Crippen LogP contribution in [0.4, 0.5) is 48.7 Å². The fourth-order valence-corrected chi connectivity index (χ4v) is 3.65. The molecule has 2 aromatic carbocycles. The Bertz CT molecular complexity index is 1270. The number of aromatic nitrogens is 3. The van der Waals surface area contributed by atoms with Gasteiger partial charge in [0.25, 0.3) is 0 Å². The van der Waals surface area contributed by atoms with Gasteiger partial charge in [0.2, 0.25) is 11.9 Å². The molecule has 15 heteroatoms. The molecular formula is C24H23F6N7O2. The third-order valence-electron chi connectivity index (χ3n) is 5.55. The first-order valence-corrected chi connectivity index (χ1v) is 11.7. The molecular weight excluding hydrogens is 532 g/mol. The Morgan fingerprint density at radius 3 is 2.28 bits per heavy atom. The maximum absolute atomic E-state index is 13.1. The van der Waals surface area contributed by atoms with E-state index in [4.69, 9.17) is 0 Å². The summed E-state index contributed by atoms with van der Waals surface area (Å²) in [4.78, 5) is 27.6. The van der Waals surface area contributed by atoms with Crippen LogP contribution in [0.5, 0.6) is 6.01 Å². The van der Waals surface area contributed by atoms with E-state index >= 15 is 0 Å². The van der Waals surface area contributed by atoms with Crippen molar-refractivity contribution in [1.82, 2.24) is 25.2 Å². The summed E-state index contributed by atoms with van der Waals surface area (Å²) >= 11 is 0. The summed E-state index contributed by atoms with van der Waals surface area (Å²) < 4.78 is 82.1. The van der Waals surface area contributed by atoms with Crippen molar-refractivity contribution in [2.45, 2.75) is 18.9 Å². The zero-order chi connectivity index (χ0) is 28.0. The Labute approximate surface area is 218 Å². The van der Waals surface area contributed by atoms with E-state index in [1.807, 2.05) is 30.3 Å². The van der Waals surface area contributed by atoms with Gasteiger partial charge in [-0.15, -0.1) is 0 Å². The van der Waals surface area contributed by atoms with Crippen LogP contribution in [0.1, 0.15) is 11.1 Å². The van der Waals surface area contributed by atoms with Crippen LogP contribution in [0.15, 0.2) is 54.6 Å². The second-order valence-electron chi connectivity index (χ2n) is 8.47. The third-order valence-corrected chi connectivity index (χ3v) is 5.55. The number of amides is 2. The van der Waals surface area contributed by atoms with Gasteiger partial charge in [0.1, 0.15) is 0 Å². The van der Waals surface area contributed by atoms with E-state index < -0.39 is 30.5 Å². The van der Waals surface area contributed by atoms with Gasteiger partial charge >= 0.3 is 24.4 Å². The van der Waals surface area contributed by atoms with E-state index in [9.17, 15) is 31.1 Å². The SMILES string of the molecule is O=C(NCc1ccccc1)N1CCN(c2nc(Nc3cccc(C(F)(F)F)c3)nc(OCC(F)(F)F)n2)CC1. The van der Waals surface area contributed by atoms with Crippen molar-refractivity contribution in [1.29, 1.82) is 0 Å². The number of carbonyl (C=O) groups is 1. The van der Waals surface area contributed by atoms with Gasteiger partial charge in [-0.3, -0.25) is 0 Å². The van der Waals surface area contributed by atoms with Gasteiger partial charge in [0, 0.05) is 38.4 Å². The molecule has 1 saturated heterocycles. The van der Waals surface area contributed by atoms with Crippen molar-refractivity contribution in [3.63, 3.8) is 0 Å². The minimum absolute atomic E-state index is 0.0383. The number of carbonyl (C=O) groups excluding carboxylic acids is 1. The molecule has 0 spiro atoms. The van der Waals surface area contributed by atoms with Gasteiger partial charge in [-0.1, -0.05) is 36.4 Å². The Balaban J connectivity index is 1.46. The summed E-state index contributed by atoms with van der Waals surface area (Å²) in [5, 5.41) is 5.39. The zero-order valence-corrected chi connectivity index (χ0v) is 20.3. The summed E-state index contributed by atoms with van der Waals surface area (Å²) in [5.74, 6) is -0.361. The lowest BCUT2D eigenvalue weighted by Crippen LogP contribution is -2.52. The van der Waals surface area contributed by atoms with Gasteiger partial charge in [-0.05, 0) is 23.8 Å². The fraction of sp³-hybridized carbons (Fsp3) is 0.333. The second kappa shape index (κ2) is 11.6. The molecule has 0 aliphatic carbocycles. The predicted octanol–water partition coefficient (Wildman–Crippen LogP) is 4.61. The quantitative estimate of drug-likeness (QED) is 0.412. The first-order chi connectivity index (χ1) is 18.5. The molecule has 1 aliphatic heterocycles. The second-order valence-corrected chi connectivity index (χ2v) is 8.47. The number of anilines is 3. The minimum Gasteiger partial charge on any atom is -0.454 e. The van der Waals surface area contributed by atoms with Crippen molar-refractivity contribution in [2.75, 3.05) is 43.0 Å². The number of piperazine rings is 1. The van der Waals surface area contributed by atoms with E-state index in [2.05, 4.69) is 30.3 Å². The average Bonchev–Trinajstić information content (AvgIpc) is 2.90. The largest absolute Gasteiger partial charge is 0.454 e. The monoisotopic (exact) mass is 555 g/mol. The number of urea groups is 1. The first-order valence-electron chi connectivity index (χ1n) is 11.7. The topological polar surface area (TPSA) is 95.5 Å². The highest BCUT2D eigenvalue weighted by Crippen LogP contribution is 2.31. The molecule has 2 heterocycles. The number of rotatable bonds is 7. The van der Waals surface area contributed by atoms with Gasteiger partial charge < -0.3 is 25.2 Å². The number of halogens is 6. The molecule has 0 saturated carbocycles. The van der Waals surface area contributed by atoms with E-state index in [1.165, 1.54) is 6.07 Å². The molecule has 0 unspecified atom stereocenters. The molecule has 2 N–H and O–H groups in total. The summed E-state index contributed by atoms with van der Waals surface area (Å²) in [6.07, 6.45) is -9.27. The van der Waals surface area contributed by atoms with Crippen molar-refractivity contribution in [3.8, 4) is 6.01 Å². The Morgan fingerprint density at radius 2 is 1.62 bits per heavy atom. The molecule has 1 fully saturated rings. The van der Waals surface area contributed by atoms with Crippen LogP contribution in [0, 0.1) is 0 Å². The highest BCUT2D eigenvalue weighted by atomic mass is 19.4. The van der Waals surface area contributed by atoms with E-state index in [0.717, 1.165) is 23.8 Å².